The number of nitrogens with one attached hydrogen (secondary N) is 1. The normalized spacial score (nSPS) is 19.2. The van der Waals surface area contributed by atoms with Gasteiger partial charge < -0.3 is 14.9 Å². The predicted octanol–water partition coefficient (Wildman–Crippen LogP) is 7.94. The first-order chi connectivity index (χ1) is 20.1. The number of alkyl halides is 5. The van der Waals surface area contributed by atoms with Crippen molar-refractivity contribution in [3.63, 3.8) is 0 Å². The Kier molecular flexibility index (Phi) is 12.1. The third kappa shape index (κ3) is 9.96. The van der Waals surface area contributed by atoms with E-state index in [1.54, 1.807) is 24.3 Å². The summed E-state index contributed by atoms with van der Waals surface area (Å²) in [6.45, 7) is 2.76. The molecule has 0 fully saturated rings. The lowest BCUT2D eigenvalue weighted by Gasteiger charge is -2.43. The van der Waals surface area contributed by atoms with Gasteiger partial charge in [0.25, 0.3) is 0 Å². The van der Waals surface area contributed by atoms with Gasteiger partial charge in [0.15, 0.2) is 0 Å². The molecule has 0 aromatic heterocycles. The van der Waals surface area contributed by atoms with Crippen LogP contribution in [0.15, 0.2) is 42.5 Å². The van der Waals surface area contributed by atoms with Crippen LogP contribution in [0.25, 0.3) is 0 Å². The number of halogens is 5. The number of fused-ring (bicyclic) bond motifs is 1. The van der Waals surface area contributed by atoms with E-state index in [1.165, 1.54) is 0 Å². The molecule has 2 aromatic carbocycles. The van der Waals surface area contributed by atoms with Crippen molar-refractivity contribution in [2.24, 2.45) is 0 Å². The summed E-state index contributed by atoms with van der Waals surface area (Å²) in [5.74, 6) is -4.42. The molecule has 0 radical (unpaired) electrons. The van der Waals surface area contributed by atoms with Crippen molar-refractivity contribution in [3.8, 4) is 17.2 Å². The Labute approximate surface area is 250 Å². The zero-order chi connectivity index (χ0) is 31.7. The number of benzene rings is 2. The highest BCUT2D eigenvalue weighted by atomic mass is 32.2. The minimum Gasteiger partial charge on any atom is -0.508 e. The van der Waals surface area contributed by atoms with Crippen molar-refractivity contribution in [3.05, 3.63) is 53.6 Å². The van der Waals surface area contributed by atoms with Gasteiger partial charge in [0.05, 0.1) is 12.4 Å². The summed E-state index contributed by atoms with van der Waals surface area (Å²) in [7, 11) is -3.90. The predicted molar refractivity (Wildman–Crippen MR) is 155 cm³/mol. The summed E-state index contributed by atoms with van der Waals surface area (Å²) in [6, 6.07) is 12.5. The SMILES string of the molecule is CC1(c2ccc(O)cc2)COc2cc(O)ccc2C1CCCCCCCCCCNS(=O)(=O)CCCC(F)(F)C(F)(F)F. The van der Waals surface area contributed by atoms with Crippen LogP contribution in [0.2, 0.25) is 0 Å². The lowest BCUT2D eigenvalue weighted by atomic mass is 9.66. The molecule has 1 heterocycles. The molecule has 3 rings (SSSR count). The summed E-state index contributed by atoms with van der Waals surface area (Å²) in [6.07, 6.45) is 0.319. The molecule has 0 saturated heterocycles. The molecule has 0 amide bonds. The number of hydrogen-bond donors (Lipinski definition) is 3. The molecule has 12 heteroatoms. The number of aromatic hydroxyl groups is 2. The highest BCUT2D eigenvalue weighted by molar-refractivity contribution is 7.89. The van der Waals surface area contributed by atoms with Crippen LogP contribution in [0.3, 0.4) is 0 Å². The lowest BCUT2D eigenvalue weighted by Crippen LogP contribution is -2.40. The van der Waals surface area contributed by atoms with Gasteiger partial charge in [-0.25, -0.2) is 13.1 Å². The lowest BCUT2D eigenvalue weighted by molar-refractivity contribution is -0.284. The fourth-order valence-electron chi connectivity index (χ4n) is 5.67. The van der Waals surface area contributed by atoms with Crippen molar-refractivity contribution in [1.29, 1.82) is 0 Å². The van der Waals surface area contributed by atoms with E-state index >= 15 is 0 Å². The number of ether oxygens (including phenoxy) is 1. The molecule has 0 bridgehead atoms. The topological polar surface area (TPSA) is 95.9 Å². The van der Waals surface area contributed by atoms with Gasteiger partial charge >= 0.3 is 12.1 Å². The molecule has 1 aliphatic heterocycles. The molecular formula is C31H42F5NO5S. The van der Waals surface area contributed by atoms with Gasteiger partial charge in [-0.15, -0.1) is 0 Å². The second-order valence-corrected chi connectivity index (χ2v) is 13.6. The van der Waals surface area contributed by atoms with Crippen molar-refractivity contribution in [2.75, 3.05) is 18.9 Å². The number of unbranched alkanes of at least 4 members (excludes halogenated alkanes) is 7. The van der Waals surface area contributed by atoms with E-state index in [0.717, 1.165) is 62.5 Å². The number of phenols is 2. The first-order valence-electron chi connectivity index (χ1n) is 14.8. The highest BCUT2D eigenvalue weighted by Gasteiger charge is 2.56. The van der Waals surface area contributed by atoms with E-state index in [-0.39, 0.29) is 29.4 Å². The van der Waals surface area contributed by atoms with Crippen molar-refractivity contribution in [1.82, 2.24) is 4.72 Å². The van der Waals surface area contributed by atoms with E-state index in [0.29, 0.717) is 18.8 Å². The Hall–Kier alpha value is -2.60. The van der Waals surface area contributed by atoms with Crippen LogP contribution in [-0.4, -0.2) is 49.6 Å². The molecule has 1 aliphatic rings. The molecule has 2 atom stereocenters. The van der Waals surface area contributed by atoms with Crippen LogP contribution in [0, 0.1) is 0 Å². The van der Waals surface area contributed by atoms with E-state index in [1.807, 2.05) is 18.2 Å². The molecule has 6 nitrogen and oxygen atoms in total. The van der Waals surface area contributed by atoms with Gasteiger partial charge in [-0.1, -0.05) is 70.1 Å². The van der Waals surface area contributed by atoms with Gasteiger partial charge in [0.2, 0.25) is 10.0 Å². The third-order valence-corrected chi connectivity index (χ3v) is 9.73. The van der Waals surface area contributed by atoms with Crippen LogP contribution in [0.5, 0.6) is 17.2 Å². The number of sulfonamides is 1. The van der Waals surface area contributed by atoms with Crippen LogP contribution in [0.4, 0.5) is 22.0 Å². The molecule has 2 aromatic rings. The smallest absolute Gasteiger partial charge is 0.453 e. The second kappa shape index (κ2) is 14.9. The molecule has 242 valence electrons. The van der Waals surface area contributed by atoms with E-state index in [2.05, 4.69) is 11.6 Å². The van der Waals surface area contributed by atoms with Crippen molar-refractivity contribution >= 4 is 10.0 Å². The Morgan fingerprint density at radius 2 is 1.44 bits per heavy atom. The largest absolute Gasteiger partial charge is 0.508 e. The van der Waals surface area contributed by atoms with Gasteiger partial charge in [-0.3, -0.25) is 0 Å². The minimum atomic E-state index is -5.68. The first kappa shape index (κ1) is 34.9. The van der Waals surface area contributed by atoms with Gasteiger partial charge in [0.1, 0.15) is 17.2 Å². The maximum atomic E-state index is 12.9. The second-order valence-electron chi connectivity index (χ2n) is 11.7. The number of phenolic OH excluding ortho intramolecular Hbond substituents is 2. The monoisotopic (exact) mass is 635 g/mol. The van der Waals surface area contributed by atoms with Crippen molar-refractivity contribution < 1.29 is 45.3 Å². The van der Waals surface area contributed by atoms with Crippen molar-refractivity contribution in [2.45, 2.75) is 101 Å². The molecule has 3 N–H and O–H groups in total. The van der Waals surface area contributed by atoms with Gasteiger partial charge in [-0.05, 0) is 48.6 Å². The Morgan fingerprint density at radius 3 is 2.07 bits per heavy atom. The Morgan fingerprint density at radius 1 is 0.860 bits per heavy atom. The van der Waals surface area contributed by atoms with Gasteiger partial charge in [-0.2, -0.15) is 22.0 Å². The van der Waals surface area contributed by atoms with Crippen LogP contribution < -0.4 is 9.46 Å². The maximum absolute atomic E-state index is 12.9. The third-order valence-electron chi connectivity index (χ3n) is 8.26. The Bertz CT molecular complexity index is 1270. The van der Waals surface area contributed by atoms with E-state index in [9.17, 15) is 40.6 Å². The van der Waals surface area contributed by atoms with Crippen LogP contribution >= 0.6 is 0 Å². The van der Waals surface area contributed by atoms with Crippen LogP contribution in [-0.2, 0) is 15.4 Å². The molecule has 0 spiro atoms. The van der Waals surface area contributed by atoms with E-state index < -0.39 is 40.7 Å². The quantitative estimate of drug-likeness (QED) is 0.121. The average molecular weight is 636 g/mol. The molecule has 43 heavy (non-hydrogen) atoms. The molecule has 2 unspecified atom stereocenters. The summed E-state index contributed by atoms with van der Waals surface area (Å²) in [4.78, 5) is 0. The van der Waals surface area contributed by atoms with Crippen LogP contribution in [0.1, 0.15) is 94.6 Å². The molecule has 0 saturated carbocycles. The summed E-state index contributed by atoms with van der Waals surface area (Å²) in [5.41, 5.74) is 1.85. The fourth-order valence-corrected chi connectivity index (χ4v) is 6.79. The minimum absolute atomic E-state index is 0.127. The zero-order valence-corrected chi connectivity index (χ0v) is 25.3. The number of hydrogen-bond acceptors (Lipinski definition) is 5. The maximum Gasteiger partial charge on any atom is 0.453 e. The fraction of sp³-hybridized carbons (Fsp3) is 0.613. The van der Waals surface area contributed by atoms with Gasteiger partial charge in [0, 0.05) is 30.4 Å². The van der Waals surface area contributed by atoms with E-state index in [4.69, 9.17) is 4.74 Å². The highest BCUT2D eigenvalue weighted by Crippen LogP contribution is 2.49. The standard InChI is InChI=1S/C31H42F5NO5S/c1-29(23-12-14-24(38)15-13-23)22-42-28-21-25(39)16-17-26(28)27(29)11-8-6-4-2-3-5-7-9-19-37-43(40,41)20-10-18-30(32,33)31(34,35)36/h12-17,21,27,37-39H,2-11,18-20,22H2,1H3. The average Bonchev–Trinajstić information content (AvgIpc) is 2.92. The summed E-state index contributed by atoms with van der Waals surface area (Å²) >= 11 is 0. The zero-order valence-electron chi connectivity index (χ0n) is 24.4. The summed E-state index contributed by atoms with van der Waals surface area (Å²) < 4.78 is 94.5. The molecule has 0 aliphatic carbocycles. The number of rotatable bonds is 17. The Balaban J connectivity index is 1.34. The summed E-state index contributed by atoms with van der Waals surface area (Å²) in [5, 5.41) is 19.7. The first-order valence-corrected chi connectivity index (χ1v) is 16.5. The molecular weight excluding hydrogens is 593 g/mol.